The van der Waals surface area contributed by atoms with Gasteiger partial charge in [-0.2, -0.15) is 0 Å². The Balaban J connectivity index is 1.85. The van der Waals surface area contributed by atoms with E-state index in [1.807, 2.05) is 0 Å². The predicted octanol–water partition coefficient (Wildman–Crippen LogP) is 1.37. The number of carbonyl (C=O) groups excluding carboxylic acids is 2. The first kappa shape index (κ1) is 12.5. The number of pyridine rings is 1. The van der Waals surface area contributed by atoms with Crippen LogP contribution in [0.5, 0.6) is 0 Å². The summed E-state index contributed by atoms with van der Waals surface area (Å²) in [6.45, 7) is 0.178. The lowest BCUT2D eigenvalue weighted by Crippen LogP contribution is -2.29. The van der Waals surface area contributed by atoms with Crippen LogP contribution in [-0.2, 0) is 13.2 Å². The fourth-order valence-electron chi connectivity index (χ4n) is 2.19. The van der Waals surface area contributed by atoms with Crippen molar-refractivity contribution in [3.63, 3.8) is 0 Å². The Bertz CT molecular complexity index is 645. The molecule has 2 aromatic rings. The molecule has 0 spiro atoms. The maximum atomic E-state index is 12.2. The second kappa shape index (κ2) is 4.86. The molecule has 0 saturated carbocycles. The molecule has 3 rings (SSSR count). The van der Waals surface area contributed by atoms with Gasteiger partial charge in [0.05, 0.1) is 18.7 Å². The van der Waals surface area contributed by atoms with Gasteiger partial charge >= 0.3 is 0 Å². The largest absolute Gasteiger partial charge is 0.392 e. The third-order valence-corrected chi connectivity index (χ3v) is 3.28. The molecule has 100 valence electrons. The van der Waals surface area contributed by atoms with Crippen molar-refractivity contribution >= 4 is 11.8 Å². The molecule has 5 heteroatoms. The van der Waals surface area contributed by atoms with Gasteiger partial charge in [0.15, 0.2) is 0 Å². The van der Waals surface area contributed by atoms with Crippen LogP contribution in [0, 0.1) is 0 Å². The summed E-state index contributed by atoms with van der Waals surface area (Å²) in [7, 11) is 0. The van der Waals surface area contributed by atoms with E-state index in [4.69, 9.17) is 5.11 Å². The molecule has 0 radical (unpaired) electrons. The van der Waals surface area contributed by atoms with Gasteiger partial charge in [0.1, 0.15) is 5.69 Å². The Kier molecular flexibility index (Phi) is 3.04. The maximum absolute atomic E-state index is 12.2. The van der Waals surface area contributed by atoms with Crippen molar-refractivity contribution < 1.29 is 14.7 Å². The number of fused-ring (bicyclic) bond motifs is 1. The Morgan fingerprint density at radius 3 is 2.35 bits per heavy atom. The van der Waals surface area contributed by atoms with Crippen molar-refractivity contribution in [2.45, 2.75) is 13.2 Å². The van der Waals surface area contributed by atoms with Gasteiger partial charge in [0.25, 0.3) is 11.8 Å². The number of hydrogen-bond donors (Lipinski definition) is 1. The number of aliphatic hydroxyl groups is 1. The van der Waals surface area contributed by atoms with Crippen LogP contribution in [0.15, 0.2) is 42.6 Å². The van der Waals surface area contributed by atoms with Crippen LogP contribution in [0.1, 0.15) is 32.0 Å². The fourth-order valence-corrected chi connectivity index (χ4v) is 2.19. The molecule has 1 N–H and O–H groups in total. The second-order valence-electron chi connectivity index (χ2n) is 4.57. The zero-order valence-electron chi connectivity index (χ0n) is 10.6. The van der Waals surface area contributed by atoms with Crippen LogP contribution in [0.25, 0.3) is 0 Å². The molecule has 1 aliphatic heterocycles. The molecule has 0 atom stereocenters. The SMILES string of the molecule is O=C1c2cccnc2C(=O)N1Cc1ccc(CO)cc1. The van der Waals surface area contributed by atoms with E-state index in [2.05, 4.69) is 4.98 Å². The van der Waals surface area contributed by atoms with E-state index in [1.165, 1.54) is 11.1 Å². The first-order chi connectivity index (χ1) is 9.70. The Labute approximate surface area is 115 Å². The van der Waals surface area contributed by atoms with E-state index < -0.39 is 0 Å². The molecule has 0 fully saturated rings. The number of amides is 2. The Morgan fingerprint density at radius 1 is 1.00 bits per heavy atom. The average molecular weight is 268 g/mol. The summed E-state index contributed by atoms with van der Waals surface area (Å²) in [6, 6.07) is 10.4. The number of aromatic nitrogens is 1. The van der Waals surface area contributed by atoms with Crippen LogP contribution in [0.2, 0.25) is 0 Å². The van der Waals surface area contributed by atoms with Crippen molar-refractivity contribution in [3.05, 3.63) is 65.0 Å². The monoisotopic (exact) mass is 268 g/mol. The Morgan fingerprint density at radius 2 is 1.70 bits per heavy atom. The molecule has 1 aromatic carbocycles. The number of imide groups is 1. The van der Waals surface area contributed by atoms with Crippen LogP contribution in [0.4, 0.5) is 0 Å². The van der Waals surface area contributed by atoms with Gasteiger partial charge in [-0.25, -0.2) is 0 Å². The maximum Gasteiger partial charge on any atom is 0.280 e. The minimum Gasteiger partial charge on any atom is -0.392 e. The van der Waals surface area contributed by atoms with Crippen molar-refractivity contribution in [2.75, 3.05) is 0 Å². The van der Waals surface area contributed by atoms with E-state index in [0.717, 1.165) is 11.1 Å². The topological polar surface area (TPSA) is 70.5 Å². The number of carbonyl (C=O) groups is 2. The lowest BCUT2D eigenvalue weighted by Gasteiger charge is -2.13. The second-order valence-corrected chi connectivity index (χ2v) is 4.57. The van der Waals surface area contributed by atoms with Crippen LogP contribution < -0.4 is 0 Å². The highest BCUT2D eigenvalue weighted by molar-refractivity contribution is 6.20. The van der Waals surface area contributed by atoms with Gasteiger partial charge in [0.2, 0.25) is 0 Å². The van der Waals surface area contributed by atoms with Gasteiger partial charge in [0, 0.05) is 6.20 Å². The molecule has 2 heterocycles. The molecule has 2 amide bonds. The van der Waals surface area contributed by atoms with Gasteiger partial charge in [-0.05, 0) is 23.3 Å². The van der Waals surface area contributed by atoms with Crippen molar-refractivity contribution in [1.82, 2.24) is 9.88 Å². The van der Waals surface area contributed by atoms with Crippen molar-refractivity contribution in [1.29, 1.82) is 0 Å². The summed E-state index contributed by atoms with van der Waals surface area (Å²) in [4.78, 5) is 29.4. The van der Waals surface area contributed by atoms with E-state index in [9.17, 15) is 9.59 Å². The third kappa shape index (κ3) is 1.98. The van der Waals surface area contributed by atoms with Crippen molar-refractivity contribution in [3.8, 4) is 0 Å². The van der Waals surface area contributed by atoms with Gasteiger partial charge in [-0.1, -0.05) is 24.3 Å². The summed E-state index contributed by atoms with van der Waals surface area (Å²) in [6.07, 6.45) is 1.50. The number of benzene rings is 1. The van der Waals surface area contributed by atoms with E-state index in [1.54, 1.807) is 36.4 Å². The minimum atomic E-state index is -0.364. The molecule has 1 aliphatic rings. The van der Waals surface area contributed by atoms with E-state index in [-0.39, 0.29) is 30.7 Å². The molecule has 0 bridgehead atoms. The zero-order chi connectivity index (χ0) is 14.1. The van der Waals surface area contributed by atoms with Gasteiger partial charge in [-0.15, -0.1) is 0 Å². The molecule has 0 unspecified atom stereocenters. The number of nitrogens with zero attached hydrogens (tertiary/aromatic N) is 2. The third-order valence-electron chi connectivity index (χ3n) is 3.28. The zero-order valence-corrected chi connectivity index (χ0v) is 10.6. The molecule has 0 saturated heterocycles. The highest BCUT2D eigenvalue weighted by Gasteiger charge is 2.36. The predicted molar refractivity (Wildman–Crippen MR) is 70.8 cm³/mol. The minimum absolute atomic E-state index is 0.0305. The molecular weight excluding hydrogens is 256 g/mol. The van der Waals surface area contributed by atoms with Crippen LogP contribution in [-0.4, -0.2) is 26.8 Å². The summed E-state index contributed by atoms with van der Waals surface area (Å²) >= 11 is 0. The summed E-state index contributed by atoms with van der Waals surface area (Å²) in [5, 5.41) is 8.99. The van der Waals surface area contributed by atoms with Gasteiger partial charge in [-0.3, -0.25) is 19.5 Å². The quantitative estimate of drug-likeness (QED) is 0.853. The molecule has 20 heavy (non-hydrogen) atoms. The fraction of sp³-hybridized carbons (Fsp3) is 0.133. The lowest BCUT2D eigenvalue weighted by atomic mass is 10.1. The highest BCUT2D eigenvalue weighted by atomic mass is 16.3. The molecule has 1 aromatic heterocycles. The number of hydrogen-bond acceptors (Lipinski definition) is 4. The highest BCUT2D eigenvalue weighted by Crippen LogP contribution is 2.22. The molecular formula is C15H12N2O3. The summed E-state index contributed by atoms with van der Waals surface area (Å²) in [5.74, 6) is -0.679. The van der Waals surface area contributed by atoms with E-state index >= 15 is 0 Å². The smallest absolute Gasteiger partial charge is 0.280 e. The summed E-state index contributed by atoms with van der Waals surface area (Å²) < 4.78 is 0. The molecule has 0 aliphatic carbocycles. The first-order valence-electron chi connectivity index (χ1n) is 6.20. The average Bonchev–Trinajstić information content (AvgIpc) is 2.74. The van der Waals surface area contributed by atoms with Crippen LogP contribution in [0.3, 0.4) is 0 Å². The first-order valence-corrected chi connectivity index (χ1v) is 6.20. The molecule has 5 nitrogen and oxygen atoms in total. The lowest BCUT2D eigenvalue weighted by molar-refractivity contribution is 0.0640. The number of aliphatic hydroxyl groups excluding tert-OH is 1. The standard InChI is InChI=1S/C15H12N2O3/c18-9-11-5-3-10(4-6-11)8-17-14(19)12-2-1-7-16-13(12)15(17)20/h1-7,18H,8-9H2. The normalized spacial score (nSPS) is 13.8. The van der Waals surface area contributed by atoms with Crippen LogP contribution >= 0.6 is 0 Å². The number of rotatable bonds is 3. The van der Waals surface area contributed by atoms with Gasteiger partial charge < -0.3 is 5.11 Å². The van der Waals surface area contributed by atoms with E-state index in [0.29, 0.717) is 5.56 Å². The summed E-state index contributed by atoms with van der Waals surface area (Å²) in [5.41, 5.74) is 2.18. The Hall–Kier alpha value is -2.53. The van der Waals surface area contributed by atoms with Crippen molar-refractivity contribution in [2.24, 2.45) is 0 Å².